The standard InChI is InChI=1S/C30H21F6N5O2/c31-18-8-15(9-19(32)13-18)10-26(28-20(2-1-7-38-28)16-3-5-23(33)21(11-16)29(37)43)39-27(42)14-25-22-12-17(30(34,35)36)4-6-24(22)40-41-25/h1-9,11-13,26H,10,14H2,(H2,37,43)(H,39,42)(H,40,41). The van der Waals surface area contributed by atoms with Crippen molar-refractivity contribution in [3.63, 3.8) is 0 Å². The Bertz CT molecular complexity index is 1830. The van der Waals surface area contributed by atoms with Crippen LogP contribution in [0.4, 0.5) is 26.3 Å². The largest absolute Gasteiger partial charge is 0.416 e. The number of pyridine rings is 1. The van der Waals surface area contributed by atoms with Gasteiger partial charge in [0, 0.05) is 23.2 Å². The van der Waals surface area contributed by atoms with Crippen LogP contribution in [0, 0.1) is 17.5 Å². The van der Waals surface area contributed by atoms with Crippen molar-refractivity contribution in [3.8, 4) is 11.1 Å². The van der Waals surface area contributed by atoms with Gasteiger partial charge in [0.1, 0.15) is 17.5 Å². The highest BCUT2D eigenvalue weighted by Crippen LogP contribution is 2.33. The quantitative estimate of drug-likeness (QED) is 0.196. The first-order chi connectivity index (χ1) is 20.4. The van der Waals surface area contributed by atoms with Crippen LogP contribution >= 0.6 is 0 Å². The highest BCUT2D eigenvalue weighted by atomic mass is 19.4. The van der Waals surface area contributed by atoms with E-state index in [9.17, 15) is 35.9 Å². The number of alkyl halides is 3. The number of primary amides is 1. The van der Waals surface area contributed by atoms with Crippen molar-refractivity contribution >= 4 is 22.7 Å². The van der Waals surface area contributed by atoms with Crippen molar-refractivity contribution in [1.29, 1.82) is 0 Å². The third kappa shape index (κ3) is 6.50. The average molecular weight is 598 g/mol. The minimum absolute atomic E-state index is 0.0417. The Morgan fingerprint density at radius 3 is 2.40 bits per heavy atom. The molecule has 2 amide bonds. The molecule has 3 aromatic carbocycles. The topological polar surface area (TPSA) is 114 Å². The molecule has 0 saturated heterocycles. The molecule has 1 unspecified atom stereocenters. The van der Waals surface area contributed by atoms with E-state index in [0.717, 1.165) is 30.3 Å². The Labute approximate surface area is 239 Å². The molecule has 2 aromatic heterocycles. The van der Waals surface area contributed by atoms with Crippen LogP contribution in [-0.4, -0.2) is 27.0 Å². The summed E-state index contributed by atoms with van der Waals surface area (Å²) in [6.45, 7) is 0. The Balaban J connectivity index is 1.52. The second kappa shape index (κ2) is 11.6. The third-order valence-corrected chi connectivity index (χ3v) is 6.71. The van der Waals surface area contributed by atoms with E-state index in [1.807, 2.05) is 0 Å². The SMILES string of the molecule is NC(=O)c1cc(-c2cccnc2C(Cc2cc(F)cc(F)c2)NC(=O)Cc2n[nH]c3ccc(C(F)(F)F)cc23)ccc1F. The number of nitrogens with two attached hydrogens (primary N) is 1. The molecule has 0 spiro atoms. The first kappa shape index (κ1) is 29.3. The van der Waals surface area contributed by atoms with Crippen LogP contribution in [0.1, 0.15) is 38.9 Å². The molecule has 5 aromatic rings. The van der Waals surface area contributed by atoms with Crippen molar-refractivity contribution < 1.29 is 35.9 Å². The summed E-state index contributed by atoms with van der Waals surface area (Å²) in [4.78, 5) is 29.4. The van der Waals surface area contributed by atoms with Crippen LogP contribution in [0.3, 0.4) is 0 Å². The lowest BCUT2D eigenvalue weighted by atomic mass is 9.94. The highest BCUT2D eigenvalue weighted by molar-refractivity contribution is 5.94. The maximum atomic E-state index is 14.2. The molecule has 7 nitrogen and oxygen atoms in total. The third-order valence-electron chi connectivity index (χ3n) is 6.71. The molecule has 2 heterocycles. The Morgan fingerprint density at radius 2 is 1.70 bits per heavy atom. The summed E-state index contributed by atoms with van der Waals surface area (Å²) < 4.78 is 82.2. The number of hydrogen-bond donors (Lipinski definition) is 3. The Morgan fingerprint density at radius 1 is 0.953 bits per heavy atom. The molecular formula is C30H21F6N5O2. The number of amides is 2. The molecule has 1 atom stereocenters. The van der Waals surface area contributed by atoms with Gasteiger partial charge in [-0.15, -0.1) is 0 Å². The van der Waals surface area contributed by atoms with Crippen LogP contribution in [0.25, 0.3) is 22.0 Å². The van der Waals surface area contributed by atoms with Gasteiger partial charge in [-0.2, -0.15) is 18.3 Å². The fourth-order valence-corrected chi connectivity index (χ4v) is 4.78. The fraction of sp³-hybridized carbons (Fsp3) is 0.133. The number of carbonyl (C=O) groups excluding carboxylic acids is 2. The molecule has 0 aliphatic rings. The van der Waals surface area contributed by atoms with E-state index < -0.39 is 53.5 Å². The van der Waals surface area contributed by atoms with Gasteiger partial charge in [-0.25, -0.2) is 13.2 Å². The molecule has 43 heavy (non-hydrogen) atoms. The van der Waals surface area contributed by atoms with Crippen molar-refractivity contribution in [2.45, 2.75) is 25.1 Å². The number of carbonyl (C=O) groups is 2. The van der Waals surface area contributed by atoms with Crippen LogP contribution in [0.5, 0.6) is 0 Å². The van der Waals surface area contributed by atoms with Gasteiger partial charge in [-0.1, -0.05) is 12.1 Å². The van der Waals surface area contributed by atoms with E-state index in [2.05, 4.69) is 20.5 Å². The van der Waals surface area contributed by atoms with Crippen molar-refractivity contribution in [2.24, 2.45) is 5.73 Å². The molecule has 4 N–H and O–H groups in total. The van der Waals surface area contributed by atoms with Gasteiger partial charge in [-0.3, -0.25) is 19.7 Å². The van der Waals surface area contributed by atoms with Gasteiger partial charge < -0.3 is 11.1 Å². The summed E-state index contributed by atoms with van der Waals surface area (Å²) in [5, 5.41) is 9.43. The molecule has 0 aliphatic carbocycles. The van der Waals surface area contributed by atoms with E-state index in [0.29, 0.717) is 17.2 Å². The molecular weight excluding hydrogens is 576 g/mol. The van der Waals surface area contributed by atoms with Gasteiger partial charge in [0.2, 0.25) is 5.91 Å². The Kier molecular flexibility index (Phi) is 7.89. The number of halogens is 6. The fourth-order valence-electron chi connectivity index (χ4n) is 4.78. The first-order valence-electron chi connectivity index (χ1n) is 12.7. The van der Waals surface area contributed by atoms with Gasteiger partial charge in [0.05, 0.1) is 40.5 Å². The van der Waals surface area contributed by atoms with Gasteiger partial charge in [0.25, 0.3) is 5.91 Å². The van der Waals surface area contributed by atoms with Crippen LogP contribution in [0.15, 0.2) is 72.9 Å². The number of rotatable bonds is 8. The number of H-pyrrole nitrogens is 1. The second-order valence-electron chi connectivity index (χ2n) is 9.70. The van der Waals surface area contributed by atoms with E-state index in [1.165, 1.54) is 24.4 Å². The molecule has 0 radical (unpaired) electrons. The lowest BCUT2D eigenvalue weighted by Crippen LogP contribution is -2.32. The summed E-state index contributed by atoms with van der Waals surface area (Å²) in [5.41, 5.74) is 5.37. The number of aromatic nitrogens is 3. The van der Waals surface area contributed by atoms with Gasteiger partial charge in [0.15, 0.2) is 0 Å². The molecule has 5 rings (SSSR count). The van der Waals surface area contributed by atoms with E-state index in [-0.39, 0.29) is 39.8 Å². The molecule has 0 fully saturated rings. The van der Waals surface area contributed by atoms with Crippen LogP contribution in [-0.2, 0) is 23.8 Å². The normalized spacial score (nSPS) is 12.3. The zero-order chi connectivity index (χ0) is 30.9. The number of benzene rings is 3. The lowest BCUT2D eigenvalue weighted by molar-refractivity contribution is -0.137. The van der Waals surface area contributed by atoms with E-state index in [4.69, 9.17) is 5.73 Å². The number of hydrogen-bond acceptors (Lipinski definition) is 4. The summed E-state index contributed by atoms with van der Waals surface area (Å²) in [5.74, 6) is -4.24. The predicted octanol–water partition coefficient (Wildman–Crippen LogP) is 5.80. The monoisotopic (exact) mass is 597 g/mol. The number of fused-ring (bicyclic) bond motifs is 1. The van der Waals surface area contributed by atoms with Gasteiger partial charge >= 0.3 is 6.18 Å². The first-order valence-corrected chi connectivity index (χ1v) is 12.7. The number of nitrogens with one attached hydrogen (secondary N) is 2. The summed E-state index contributed by atoms with van der Waals surface area (Å²) >= 11 is 0. The van der Waals surface area contributed by atoms with Crippen LogP contribution < -0.4 is 11.1 Å². The van der Waals surface area contributed by atoms with Crippen LogP contribution in [0.2, 0.25) is 0 Å². The molecule has 220 valence electrons. The van der Waals surface area contributed by atoms with E-state index >= 15 is 0 Å². The minimum atomic E-state index is -4.61. The predicted molar refractivity (Wildman–Crippen MR) is 144 cm³/mol. The summed E-state index contributed by atoms with van der Waals surface area (Å²) in [6.07, 6.45) is -3.81. The zero-order valence-corrected chi connectivity index (χ0v) is 22.0. The second-order valence-corrected chi connectivity index (χ2v) is 9.70. The minimum Gasteiger partial charge on any atom is -0.366 e. The van der Waals surface area contributed by atoms with Gasteiger partial charge in [-0.05, 0) is 66.1 Å². The molecule has 0 saturated carbocycles. The highest BCUT2D eigenvalue weighted by Gasteiger charge is 2.31. The van der Waals surface area contributed by atoms with Crippen molar-refractivity contribution in [2.75, 3.05) is 0 Å². The maximum absolute atomic E-state index is 14.2. The van der Waals surface area contributed by atoms with E-state index in [1.54, 1.807) is 12.1 Å². The lowest BCUT2D eigenvalue weighted by Gasteiger charge is -2.22. The molecule has 13 heteroatoms. The summed E-state index contributed by atoms with van der Waals surface area (Å²) in [7, 11) is 0. The number of aromatic amines is 1. The Hall–Kier alpha value is -5.20. The summed E-state index contributed by atoms with van der Waals surface area (Å²) in [6, 6.07) is 11.6. The maximum Gasteiger partial charge on any atom is 0.416 e. The number of nitrogens with zero attached hydrogens (tertiary/aromatic N) is 2. The molecule has 0 bridgehead atoms. The van der Waals surface area contributed by atoms with Crippen molar-refractivity contribution in [3.05, 3.63) is 118 Å². The average Bonchev–Trinajstić information content (AvgIpc) is 3.33. The zero-order valence-electron chi connectivity index (χ0n) is 22.0. The molecule has 0 aliphatic heterocycles. The van der Waals surface area contributed by atoms with Crippen molar-refractivity contribution in [1.82, 2.24) is 20.5 Å². The smallest absolute Gasteiger partial charge is 0.366 e.